The smallest absolute Gasteiger partial charge is 0.316 e. The van der Waals surface area contributed by atoms with Gasteiger partial charge in [0.2, 0.25) is 0 Å². The molecule has 15 heteroatoms. The molecule has 0 radical (unpaired) electrons. The second-order valence-electron chi connectivity index (χ2n) is 19.6. The Kier molecular flexibility index (Phi) is 16.0. The maximum Gasteiger partial charge on any atom is 0.316 e. The molecule has 6 heterocycles. The summed E-state index contributed by atoms with van der Waals surface area (Å²) in [7, 11) is 5.30. The molecule has 2 bridgehead atoms. The number of oxime groups is 1. The number of aliphatic hydroxyl groups is 1. The summed E-state index contributed by atoms with van der Waals surface area (Å²) in [6.07, 6.45) is 9.54. The minimum atomic E-state index is -1.85. The molecule has 360 valence electrons. The largest absolute Gasteiger partial charge is 0.462 e. The first-order valence-corrected chi connectivity index (χ1v) is 23.8. The number of carbonyl (C=O) groups excluding carboxylic acids is 1. The Morgan fingerprint density at radius 3 is 2.41 bits per heavy atom. The average molecular weight is 901 g/mol. The zero-order chi connectivity index (χ0) is 46.1. The van der Waals surface area contributed by atoms with Gasteiger partial charge in [0.1, 0.15) is 35.5 Å². The van der Waals surface area contributed by atoms with Gasteiger partial charge in [-0.2, -0.15) is 0 Å². The summed E-state index contributed by atoms with van der Waals surface area (Å²) in [6, 6.07) is 0.0431. The minimum absolute atomic E-state index is 0.00937. The van der Waals surface area contributed by atoms with Gasteiger partial charge in [-0.25, -0.2) is 0 Å². The van der Waals surface area contributed by atoms with E-state index in [1.165, 1.54) is 0 Å². The Hall–Kier alpha value is -2.54. The first-order chi connectivity index (χ1) is 30.6. The van der Waals surface area contributed by atoms with Crippen LogP contribution in [0.4, 0.5) is 0 Å². The Labute approximate surface area is 380 Å². The summed E-state index contributed by atoms with van der Waals surface area (Å²) < 4.78 is 64.9. The molecule has 0 saturated carbocycles. The normalized spacial score (nSPS) is 47.7. The van der Waals surface area contributed by atoms with E-state index in [1.807, 2.05) is 33.0 Å². The zero-order valence-corrected chi connectivity index (χ0v) is 39.9. The Morgan fingerprint density at radius 1 is 0.984 bits per heavy atom. The van der Waals surface area contributed by atoms with E-state index < -0.39 is 60.3 Å². The lowest BCUT2D eigenvalue weighted by molar-refractivity contribution is -0.340. The van der Waals surface area contributed by atoms with E-state index in [0.717, 1.165) is 18.4 Å². The van der Waals surface area contributed by atoms with Gasteiger partial charge in [-0.1, -0.05) is 69.7 Å². The van der Waals surface area contributed by atoms with Crippen molar-refractivity contribution in [3.05, 3.63) is 47.1 Å². The van der Waals surface area contributed by atoms with E-state index >= 15 is 0 Å². The van der Waals surface area contributed by atoms with Crippen LogP contribution in [0.5, 0.6) is 0 Å². The third-order valence-electron chi connectivity index (χ3n) is 15.3. The molecule has 7 rings (SSSR count). The third-order valence-corrected chi connectivity index (χ3v) is 15.3. The molecule has 0 aromatic heterocycles. The predicted octanol–water partition coefficient (Wildman–Crippen LogP) is 6.30. The number of esters is 1. The van der Waals surface area contributed by atoms with E-state index in [1.54, 1.807) is 33.3 Å². The van der Waals surface area contributed by atoms with Crippen LogP contribution in [0, 0.1) is 23.7 Å². The number of methoxy groups -OCH3 is 2. The molecule has 1 spiro atoms. The molecule has 3 N–H and O–H groups in total. The highest BCUT2D eigenvalue weighted by atomic mass is 16.7. The monoisotopic (exact) mass is 901 g/mol. The first kappa shape index (κ1) is 49.4. The molecular weight excluding hydrogens is 825 g/mol. The molecule has 6 aliphatic heterocycles. The number of fused-ring (bicyclic) bond motifs is 2. The van der Waals surface area contributed by atoms with Crippen molar-refractivity contribution in [2.24, 2.45) is 28.8 Å². The number of rotatable bonds is 9. The summed E-state index contributed by atoms with van der Waals surface area (Å²) in [5.41, 5.74) is 0.318. The number of nitrogens with one attached hydrogen (secondary N) is 1. The SMILES string of the molecule is CCC(C)C1OC2(CC[C@H]1C)CC1CC(C/C=C(\C)[C@@H](OC3C[C@@H](OC)[C@H](O[C@H]4C[C@H](OC)[C@@H](NC)[C@H](C)O4)[C@@H](C)O3)C(C)/C=C/C=C3\COC4/C(=N/O)C(C)=CC(C(=O)O1)[C@]34O)O2. The van der Waals surface area contributed by atoms with Gasteiger partial charge in [0, 0.05) is 52.2 Å². The van der Waals surface area contributed by atoms with Gasteiger partial charge in [-0.3, -0.25) is 4.79 Å². The second kappa shape index (κ2) is 20.8. The summed E-state index contributed by atoms with van der Waals surface area (Å²) >= 11 is 0. The van der Waals surface area contributed by atoms with Crippen LogP contribution in [-0.2, 0) is 52.2 Å². The van der Waals surface area contributed by atoms with Crippen LogP contribution in [0.25, 0.3) is 0 Å². The van der Waals surface area contributed by atoms with Crippen molar-refractivity contribution < 1.29 is 62.5 Å². The van der Waals surface area contributed by atoms with Gasteiger partial charge in [0.15, 0.2) is 18.4 Å². The number of likely N-dealkylation sites (N-methyl/N-ethyl adjacent to an activating group) is 1. The van der Waals surface area contributed by atoms with Crippen LogP contribution in [0.2, 0.25) is 0 Å². The molecule has 0 amide bonds. The highest BCUT2D eigenvalue weighted by Crippen LogP contribution is 2.47. The van der Waals surface area contributed by atoms with Crippen LogP contribution >= 0.6 is 0 Å². The first-order valence-electron chi connectivity index (χ1n) is 23.8. The topological polar surface area (TPSA) is 174 Å². The second-order valence-corrected chi connectivity index (χ2v) is 19.6. The van der Waals surface area contributed by atoms with Gasteiger partial charge in [0.05, 0.1) is 55.4 Å². The third kappa shape index (κ3) is 10.0. The lowest BCUT2D eigenvalue weighted by Crippen LogP contribution is -2.57. The van der Waals surface area contributed by atoms with Crippen LogP contribution in [0.15, 0.2) is 52.3 Å². The molecule has 1 aliphatic carbocycles. The van der Waals surface area contributed by atoms with E-state index in [-0.39, 0.29) is 60.9 Å². The van der Waals surface area contributed by atoms with Crippen molar-refractivity contribution in [3.8, 4) is 0 Å². The van der Waals surface area contributed by atoms with Crippen LogP contribution in [0.3, 0.4) is 0 Å². The van der Waals surface area contributed by atoms with Crippen LogP contribution in [-0.4, -0.2) is 141 Å². The van der Waals surface area contributed by atoms with E-state index in [2.05, 4.69) is 51.2 Å². The number of ether oxygens (including phenoxy) is 10. The number of hydrogen-bond acceptors (Lipinski definition) is 15. The Bertz CT molecular complexity index is 1780. The van der Waals surface area contributed by atoms with Crippen LogP contribution < -0.4 is 5.32 Å². The van der Waals surface area contributed by atoms with E-state index in [9.17, 15) is 15.1 Å². The van der Waals surface area contributed by atoms with Gasteiger partial charge in [-0.05, 0) is 76.1 Å². The summed E-state index contributed by atoms with van der Waals surface area (Å²) in [6.45, 7) is 16.5. The molecule has 5 fully saturated rings. The Morgan fingerprint density at radius 2 is 1.70 bits per heavy atom. The zero-order valence-electron chi connectivity index (χ0n) is 39.9. The number of carbonyl (C=O) groups is 1. The average Bonchev–Trinajstić information content (AvgIpc) is 3.60. The lowest BCUT2D eigenvalue weighted by atomic mass is 9.71. The quantitative estimate of drug-likeness (QED) is 0.102. The van der Waals surface area contributed by atoms with Crippen molar-refractivity contribution in [1.29, 1.82) is 0 Å². The van der Waals surface area contributed by atoms with Gasteiger partial charge in [0.25, 0.3) is 0 Å². The molecule has 15 nitrogen and oxygen atoms in total. The fourth-order valence-electron chi connectivity index (χ4n) is 11.4. The Balaban J connectivity index is 1.18. The highest BCUT2D eigenvalue weighted by molar-refractivity contribution is 6.06. The van der Waals surface area contributed by atoms with Gasteiger partial charge < -0.3 is 63.0 Å². The molecule has 5 saturated heterocycles. The minimum Gasteiger partial charge on any atom is -0.462 e. The number of allylic oxidation sites excluding steroid dienone is 2. The maximum atomic E-state index is 14.5. The molecule has 0 aromatic rings. The van der Waals surface area contributed by atoms with E-state index in [0.29, 0.717) is 61.5 Å². The van der Waals surface area contributed by atoms with Crippen molar-refractivity contribution in [2.45, 2.75) is 198 Å². The molecule has 9 unspecified atom stereocenters. The summed E-state index contributed by atoms with van der Waals surface area (Å²) in [5.74, 6) is -2.14. The maximum absolute atomic E-state index is 14.5. The van der Waals surface area contributed by atoms with Gasteiger partial charge >= 0.3 is 5.97 Å². The van der Waals surface area contributed by atoms with Crippen LogP contribution in [0.1, 0.15) is 107 Å². The standard InChI is InChI=1S/C49H76N2O13/c1-12-26(2)44-29(5)18-19-48(64-44)24-35-21-34(63-48)17-16-28(4)43(27(3)14-13-15-33-25-57-46-41(51-54)30(6)20-36(47(52)60-35)49(33,46)53)61-40-23-38(56-11)45(32(8)59-40)62-39-22-37(55-10)42(50-9)31(7)58-39/h13-16,20,26-27,29,31-32,34-40,42-46,50,53-54H,12,17-19,21-25H2,1-11H3/b14-13+,28-16+,33-15+,51-41+/t26?,27?,29-,31+,32-,34?,35?,36?,37+,38-,39+,40?,42+,43+,44?,45-,46?,48?,49-/m1/s1. The summed E-state index contributed by atoms with van der Waals surface area (Å²) in [4.78, 5) is 14.5. The van der Waals surface area contributed by atoms with E-state index in [4.69, 9.17) is 47.4 Å². The van der Waals surface area contributed by atoms with Crippen molar-refractivity contribution >= 4 is 11.7 Å². The van der Waals surface area contributed by atoms with Crippen molar-refractivity contribution in [3.63, 3.8) is 0 Å². The summed E-state index contributed by atoms with van der Waals surface area (Å²) in [5, 5.41) is 29.5. The predicted molar refractivity (Wildman–Crippen MR) is 237 cm³/mol. The van der Waals surface area contributed by atoms with Gasteiger partial charge in [-0.15, -0.1) is 0 Å². The number of nitrogens with zero attached hydrogens (tertiary/aromatic N) is 1. The molecule has 64 heavy (non-hydrogen) atoms. The molecule has 0 aromatic carbocycles. The molecular formula is C49H76N2O13. The fourth-order valence-corrected chi connectivity index (χ4v) is 11.4. The van der Waals surface area contributed by atoms with Crippen molar-refractivity contribution in [2.75, 3.05) is 27.9 Å². The number of hydrogen-bond donors (Lipinski definition) is 3. The molecule has 7 aliphatic rings. The van der Waals surface area contributed by atoms with Crippen molar-refractivity contribution in [1.82, 2.24) is 5.32 Å². The lowest BCUT2D eigenvalue weighted by Gasteiger charge is -2.51. The molecule has 19 atom stereocenters. The highest BCUT2D eigenvalue weighted by Gasteiger charge is 2.60. The fraction of sp³-hybridized carbons (Fsp3) is 0.796.